The van der Waals surface area contributed by atoms with E-state index in [2.05, 4.69) is 19.0 Å². The summed E-state index contributed by atoms with van der Waals surface area (Å²) in [6.45, 7) is 4.57. The molecule has 2 rings (SSSR count). The second-order valence-corrected chi connectivity index (χ2v) is 7.53. The molecular formula is C12H18N2O4S. The number of sulfone groups is 1. The number of hydrogen-bond donors (Lipinski definition) is 0. The molecule has 2 heterocycles. The lowest BCUT2D eigenvalue weighted by Crippen LogP contribution is -2.43. The van der Waals surface area contributed by atoms with Crippen molar-refractivity contribution in [1.82, 2.24) is 10.1 Å². The van der Waals surface area contributed by atoms with Gasteiger partial charge in [0.1, 0.15) is 0 Å². The first-order chi connectivity index (χ1) is 8.87. The number of carbonyl (C=O) groups excluding carboxylic acids is 1. The molecule has 0 bridgehead atoms. The van der Waals surface area contributed by atoms with E-state index >= 15 is 0 Å². The third-order valence-electron chi connectivity index (χ3n) is 3.02. The second kappa shape index (κ2) is 5.32. The second-order valence-electron chi connectivity index (χ2n) is 5.22. The standard InChI is InChI=1S/C12H18N2O4S/c1-9(2)7-10-8-11(18-13-10)12(15)14-3-5-19(16,17)6-4-14/h8-9H,3-7H2,1-2H3. The number of carbonyl (C=O) groups is 1. The van der Waals surface area contributed by atoms with Crippen LogP contribution in [0.2, 0.25) is 0 Å². The van der Waals surface area contributed by atoms with E-state index in [9.17, 15) is 13.2 Å². The molecule has 6 nitrogen and oxygen atoms in total. The quantitative estimate of drug-likeness (QED) is 0.819. The van der Waals surface area contributed by atoms with Gasteiger partial charge < -0.3 is 9.42 Å². The Labute approximate surface area is 112 Å². The monoisotopic (exact) mass is 286 g/mol. The summed E-state index contributed by atoms with van der Waals surface area (Å²) in [7, 11) is -2.98. The average Bonchev–Trinajstić information content (AvgIpc) is 2.75. The van der Waals surface area contributed by atoms with E-state index in [4.69, 9.17) is 4.52 Å². The molecule has 0 N–H and O–H groups in total. The summed E-state index contributed by atoms with van der Waals surface area (Å²) in [6.07, 6.45) is 0.755. The van der Waals surface area contributed by atoms with Gasteiger partial charge in [-0.25, -0.2) is 8.42 Å². The molecule has 0 unspecified atom stereocenters. The average molecular weight is 286 g/mol. The summed E-state index contributed by atoms with van der Waals surface area (Å²) < 4.78 is 27.7. The molecule has 1 aromatic rings. The first kappa shape index (κ1) is 14.0. The Morgan fingerprint density at radius 2 is 2.05 bits per heavy atom. The minimum Gasteiger partial charge on any atom is -0.351 e. The van der Waals surface area contributed by atoms with Crippen LogP contribution in [0, 0.1) is 5.92 Å². The number of hydrogen-bond acceptors (Lipinski definition) is 5. The molecule has 19 heavy (non-hydrogen) atoms. The van der Waals surface area contributed by atoms with E-state index in [1.807, 2.05) is 0 Å². The Morgan fingerprint density at radius 3 is 2.63 bits per heavy atom. The van der Waals surface area contributed by atoms with E-state index in [0.29, 0.717) is 5.92 Å². The lowest BCUT2D eigenvalue weighted by Gasteiger charge is -2.25. The van der Waals surface area contributed by atoms with Gasteiger partial charge in [-0.05, 0) is 12.3 Å². The van der Waals surface area contributed by atoms with Crippen LogP contribution in [-0.4, -0.2) is 49.0 Å². The molecular weight excluding hydrogens is 268 g/mol. The molecule has 0 atom stereocenters. The number of nitrogens with zero attached hydrogens (tertiary/aromatic N) is 2. The van der Waals surface area contributed by atoms with Crippen LogP contribution in [0.1, 0.15) is 30.1 Å². The normalized spacial score (nSPS) is 18.8. The van der Waals surface area contributed by atoms with E-state index in [0.717, 1.165) is 12.1 Å². The molecule has 106 valence electrons. The zero-order valence-corrected chi connectivity index (χ0v) is 11.9. The lowest BCUT2D eigenvalue weighted by atomic mass is 10.1. The summed E-state index contributed by atoms with van der Waals surface area (Å²) in [6, 6.07) is 1.64. The van der Waals surface area contributed by atoms with Crippen LogP contribution in [0.4, 0.5) is 0 Å². The van der Waals surface area contributed by atoms with Gasteiger partial charge in [-0.15, -0.1) is 0 Å². The summed E-state index contributed by atoms with van der Waals surface area (Å²) in [5.74, 6) is 0.387. The largest absolute Gasteiger partial charge is 0.351 e. The maximum atomic E-state index is 12.1. The summed E-state index contributed by atoms with van der Waals surface area (Å²) >= 11 is 0. The third-order valence-corrected chi connectivity index (χ3v) is 4.63. The van der Waals surface area contributed by atoms with E-state index in [1.165, 1.54) is 4.90 Å². The Bertz CT molecular complexity index is 548. The van der Waals surface area contributed by atoms with Gasteiger partial charge in [-0.3, -0.25) is 4.79 Å². The fraction of sp³-hybridized carbons (Fsp3) is 0.667. The Kier molecular flexibility index (Phi) is 3.93. The van der Waals surface area contributed by atoms with Gasteiger partial charge in [0.15, 0.2) is 9.84 Å². The van der Waals surface area contributed by atoms with Crippen molar-refractivity contribution >= 4 is 15.7 Å². The predicted molar refractivity (Wildman–Crippen MR) is 69.6 cm³/mol. The van der Waals surface area contributed by atoms with Crippen LogP contribution < -0.4 is 0 Å². The maximum absolute atomic E-state index is 12.1. The van der Waals surface area contributed by atoms with Crippen LogP contribution >= 0.6 is 0 Å². The number of rotatable bonds is 3. The number of aromatic nitrogens is 1. The first-order valence-electron chi connectivity index (χ1n) is 6.33. The summed E-state index contributed by atoms with van der Waals surface area (Å²) in [4.78, 5) is 13.6. The SMILES string of the molecule is CC(C)Cc1cc(C(=O)N2CCS(=O)(=O)CC2)on1. The van der Waals surface area contributed by atoms with Crippen molar-refractivity contribution in [3.8, 4) is 0 Å². The van der Waals surface area contributed by atoms with Gasteiger partial charge in [0.25, 0.3) is 5.91 Å². The van der Waals surface area contributed by atoms with E-state index in [1.54, 1.807) is 6.07 Å². The molecule has 1 saturated heterocycles. The molecule has 1 amide bonds. The van der Waals surface area contributed by atoms with Gasteiger partial charge in [0.2, 0.25) is 5.76 Å². The van der Waals surface area contributed by atoms with Crippen molar-refractivity contribution in [3.05, 3.63) is 17.5 Å². The Morgan fingerprint density at radius 1 is 1.42 bits per heavy atom. The minimum atomic E-state index is -2.98. The van der Waals surface area contributed by atoms with E-state index < -0.39 is 9.84 Å². The molecule has 0 radical (unpaired) electrons. The van der Waals surface area contributed by atoms with Crippen molar-refractivity contribution in [3.63, 3.8) is 0 Å². The molecule has 7 heteroatoms. The van der Waals surface area contributed by atoms with Crippen LogP contribution in [-0.2, 0) is 16.3 Å². The van der Waals surface area contributed by atoms with Crippen molar-refractivity contribution < 1.29 is 17.7 Å². The first-order valence-corrected chi connectivity index (χ1v) is 8.15. The molecule has 0 aliphatic carbocycles. The summed E-state index contributed by atoms with van der Waals surface area (Å²) in [5, 5.41) is 3.86. The zero-order chi connectivity index (χ0) is 14.0. The van der Waals surface area contributed by atoms with Crippen molar-refractivity contribution in [1.29, 1.82) is 0 Å². The number of amides is 1. The van der Waals surface area contributed by atoms with Crippen molar-refractivity contribution in [2.75, 3.05) is 24.6 Å². The highest BCUT2D eigenvalue weighted by Crippen LogP contribution is 2.13. The zero-order valence-electron chi connectivity index (χ0n) is 11.1. The minimum absolute atomic E-state index is 0.0196. The summed E-state index contributed by atoms with van der Waals surface area (Å²) in [5.41, 5.74) is 0.753. The molecule has 1 aliphatic heterocycles. The van der Waals surface area contributed by atoms with Gasteiger partial charge in [-0.2, -0.15) is 0 Å². The van der Waals surface area contributed by atoms with Gasteiger partial charge in [0.05, 0.1) is 17.2 Å². The maximum Gasteiger partial charge on any atom is 0.292 e. The molecule has 1 fully saturated rings. The van der Waals surface area contributed by atoms with E-state index in [-0.39, 0.29) is 36.3 Å². The van der Waals surface area contributed by atoms with Gasteiger partial charge >= 0.3 is 0 Å². The molecule has 0 aromatic carbocycles. The van der Waals surface area contributed by atoms with Crippen LogP contribution in [0.25, 0.3) is 0 Å². The highest BCUT2D eigenvalue weighted by atomic mass is 32.2. The molecule has 1 aliphatic rings. The van der Waals surface area contributed by atoms with Gasteiger partial charge in [0, 0.05) is 19.2 Å². The molecule has 0 spiro atoms. The third kappa shape index (κ3) is 3.56. The van der Waals surface area contributed by atoms with Crippen LogP contribution in [0.3, 0.4) is 0 Å². The molecule has 0 saturated carbocycles. The van der Waals surface area contributed by atoms with Gasteiger partial charge in [-0.1, -0.05) is 19.0 Å². The predicted octanol–water partition coefficient (Wildman–Crippen LogP) is 0.744. The smallest absolute Gasteiger partial charge is 0.292 e. The van der Waals surface area contributed by atoms with Crippen LogP contribution in [0.15, 0.2) is 10.6 Å². The van der Waals surface area contributed by atoms with Crippen LogP contribution in [0.5, 0.6) is 0 Å². The Hall–Kier alpha value is -1.37. The fourth-order valence-electron chi connectivity index (χ4n) is 2.00. The Balaban J connectivity index is 2.02. The fourth-order valence-corrected chi connectivity index (χ4v) is 3.20. The topological polar surface area (TPSA) is 80.5 Å². The highest BCUT2D eigenvalue weighted by molar-refractivity contribution is 7.91. The molecule has 1 aromatic heterocycles. The lowest BCUT2D eigenvalue weighted by molar-refractivity contribution is 0.0728. The van der Waals surface area contributed by atoms with Crippen molar-refractivity contribution in [2.45, 2.75) is 20.3 Å². The van der Waals surface area contributed by atoms with Crippen molar-refractivity contribution in [2.24, 2.45) is 5.92 Å². The highest BCUT2D eigenvalue weighted by Gasteiger charge is 2.27.